The van der Waals surface area contributed by atoms with E-state index >= 15 is 0 Å². The number of piperazine rings is 1. The molecule has 2 aromatic rings. The van der Waals surface area contributed by atoms with Gasteiger partial charge in [0.25, 0.3) is 5.56 Å². The molecule has 1 saturated heterocycles. The van der Waals surface area contributed by atoms with E-state index in [2.05, 4.69) is 9.88 Å². The maximum Gasteiger partial charge on any atom is 0.254 e. The van der Waals surface area contributed by atoms with Gasteiger partial charge in [0.2, 0.25) is 5.91 Å². The fourth-order valence-corrected chi connectivity index (χ4v) is 2.99. The number of aromatic nitrogens is 2. The highest BCUT2D eigenvalue weighted by molar-refractivity contribution is 5.76. The number of carbonyl (C=O) groups excluding carboxylic acids is 1. The molecule has 6 nitrogen and oxygen atoms in total. The van der Waals surface area contributed by atoms with E-state index < -0.39 is 0 Å². The Kier molecular flexibility index (Phi) is 5.35. The summed E-state index contributed by atoms with van der Waals surface area (Å²) in [5.41, 5.74) is 1.47. The topological polar surface area (TPSA) is 58.4 Å². The number of anilines is 1. The molecule has 0 atom stereocenters. The van der Waals surface area contributed by atoms with Gasteiger partial charge in [-0.1, -0.05) is 13.8 Å². The summed E-state index contributed by atoms with van der Waals surface area (Å²) in [7, 11) is 0. The molecule has 0 spiro atoms. The van der Waals surface area contributed by atoms with Crippen LogP contribution in [0.3, 0.4) is 0 Å². The van der Waals surface area contributed by atoms with E-state index in [0.717, 1.165) is 11.4 Å². The maximum atomic E-state index is 13.0. The number of hydrogen-bond acceptors (Lipinski definition) is 4. The molecular weight excluding hydrogens is 335 g/mol. The van der Waals surface area contributed by atoms with E-state index in [1.165, 1.54) is 29.1 Å². The average Bonchev–Trinajstić information content (AvgIpc) is 2.64. The minimum atomic E-state index is -0.259. The first-order valence-electron chi connectivity index (χ1n) is 8.78. The molecule has 1 aliphatic rings. The van der Waals surface area contributed by atoms with Crippen LogP contribution in [0.1, 0.15) is 25.5 Å². The molecule has 138 valence electrons. The molecule has 0 unspecified atom stereocenters. The summed E-state index contributed by atoms with van der Waals surface area (Å²) in [4.78, 5) is 32.8. The van der Waals surface area contributed by atoms with Crippen molar-refractivity contribution >= 4 is 11.6 Å². The minimum absolute atomic E-state index is 0.000751. The third-order valence-corrected chi connectivity index (χ3v) is 4.62. The van der Waals surface area contributed by atoms with E-state index in [-0.39, 0.29) is 29.7 Å². The van der Waals surface area contributed by atoms with Gasteiger partial charge in [0.1, 0.15) is 12.4 Å². The van der Waals surface area contributed by atoms with Gasteiger partial charge in [-0.25, -0.2) is 9.37 Å². The van der Waals surface area contributed by atoms with E-state index in [0.29, 0.717) is 26.2 Å². The Morgan fingerprint density at radius 3 is 2.38 bits per heavy atom. The highest BCUT2D eigenvalue weighted by atomic mass is 19.1. The van der Waals surface area contributed by atoms with Crippen molar-refractivity contribution < 1.29 is 9.18 Å². The van der Waals surface area contributed by atoms with Crippen LogP contribution < -0.4 is 10.5 Å². The van der Waals surface area contributed by atoms with Crippen LogP contribution in [0.25, 0.3) is 0 Å². The summed E-state index contributed by atoms with van der Waals surface area (Å²) in [6.07, 6.45) is 1.45. The number of benzene rings is 1. The molecule has 1 fully saturated rings. The van der Waals surface area contributed by atoms with Crippen LogP contribution in [0, 0.1) is 5.82 Å². The lowest BCUT2D eigenvalue weighted by Gasteiger charge is -2.36. The lowest BCUT2D eigenvalue weighted by atomic mass is 10.1. The van der Waals surface area contributed by atoms with Crippen LogP contribution in [0.5, 0.6) is 0 Å². The van der Waals surface area contributed by atoms with Gasteiger partial charge in [0, 0.05) is 37.9 Å². The number of rotatable bonds is 4. The van der Waals surface area contributed by atoms with Gasteiger partial charge >= 0.3 is 0 Å². The van der Waals surface area contributed by atoms with Crippen molar-refractivity contribution in [3.05, 3.63) is 58.5 Å². The Hall–Kier alpha value is -2.70. The van der Waals surface area contributed by atoms with Crippen molar-refractivity contribution in [3.8, 4) is 0 Å². The monoisotopic (exact) mass is 358 g/mol. The minimum Gasteiger partial charge on any atom is -0.368 e. The van der Waals surface area contributed by atoms with Crippen molar-refractivity contribution in [2.45, 2.75) is 26.3 Å². The van der Waals surface area contributed by atoms with Gasteiger partial charge in [-0.3, -0.25) is 14.2 Å². The Morgan fingerprint density at radius 2 is 1.81 bits per heavy atom. The van der Waals surface area contributed by atoms with Crippen LogP contribution in [-0.4, -0.2) is 46.5 Å². The summed E-state index contributed by atoms with van der Waals surface area (Å²) >= 11 is 0. The molecule has 0 radical (unpaired) electrons. The van der Waals surface area contributed by atoms with Gasteiger partial charge in [0.15, 0.2) is 0 Å². The fraction of sp³-hybridized carbons (Fsp3) is 0.421. The maximum absolute atomic E-state index is 13.0. The van der Waals surface area contributed by atoms with Gasteiger partial charge in [-0.05, 0) is 30.2 Å². The molecule has 0 N–H and O–H groups in total. The predicted molar refractivity (Wildman–Crippen MR) is 97.8 cm³/mol. The first-order valence-corrected chi connectivity index (χ1v) is 8.78. The smallest absolute Gasteiger partial charge is 0.254 e. The standard InChI is InChI=1S/C19H23FN4O2/c1-14(2)17-11-18(25)24(13-21-17)12-19(26)23-9-7-22(8-10-23)16-5-3-15(20)4-6-16/h3-6,11,13-14H,7-10,12H2,1-2H3. The average molecular weight is 358 g/mol. The highest BCUT2D eigenvalue weighted by Gasteiger charge is 2.22. The van der Waals surface area contributed by atoms with Crippen molar-refractivity contribution in [2.75, 3.05) is 31.1 Å². The van der Waals surface area contributed by atoms with Crippen LogP contribution in [0.2, 0.25) is 0 Å². The second-order valence-corrected chi connectivity index (χ2v) is 6.78. The van der Waals surface area contributed by atoms with Crippen molar-refractivity contribution in [1.29, 1.82) is 0 Å². The summed E-state index contributed by atoms with van der Waals surface area (Å²) in [5, 5.41) is 0. The lowest BCUT2D eigenvalue weighted by molar-refractivity contribution is -0.132. The molecule has 26 heavy (non-hydrogen) atoms. The predicted octanol–water partition coefficient (Wildman–Crippen LogP) is 1.85. The van der Waals surface area contributed by atoms with E-state index in [9.17, 15) is 14.0 Å². The van der Waals surface area contributed by atoms with Gasteiger partial charge in [0.05, 0.1) is 12.0 Å². The molecule has 1 amide bonds. The largest absolute Gasteiger partial charge is 0.368 e. The quantitative estimate of drug-likeness (QED) is 0.837. The van der Waals surface area contributed by atoms with Crippen LogP contribution in [0.15, 0.2) is 41.5 Å². The Balaban J connectivity index is 1.58. The van der Waals surface area contributed by atoms with Crippen LogP contribution in [0.4, 0.5) is 10.1 Å². The second kappa shape index (κ2) is 7.68. The van der Waals surface area contributed by atoms with Crippen LogP contribution in [-0.2, 0) is 11.3 Å². The molecule has 1 aromatic carbocycles. The van der Waals surface area contributed by atoms with Gasteiger partial charge in [-0.2, -0.15) is 0 Å². The van der Waals surface area contributed by atoms with Crippen LogP contribution >= 0.6 is 0 Å². The van der Waals surface area contributed by atoms with Crippen molar-refractivity contribution in [1.82, 2.24) is 14.5 Å². The molecule has 0 bridgehead atoms. The highest BCUT2D eigenvalue weighted by Crippen LogP contribution is 2.17. The van der Waals surface area contributed by atoms with E-state index in [4.69, 9.17) is 0 Å². The number of nitrogens with zero attached hydrogens (tertiary/aromatic N) is 4. The molecule has 0 aliphatic carbocycles. The first-order chi connectivity index (χ1) is 12.4. The van der Waals surface area contributed by atoms with Crippen molar-refractivity contribution in [3.63, 3.8) is 0 Å². The molecule has 0 saturated carbocycles. The Labute approximate surface area is 151 Å². The number of halogens is 1. The molecule has 3 rings (SSSR count). The third-order valence-electron chi connectivity index (χ3n) is 4.62. The SMILES string of the molecule is CC(C)c1cc(=O)n(CC(=O)N2CCN(c3ccc(F)cc3)CC2)cn1. The summed E-state index contributed by atoms with van der Waals surface area (Å²) in [5.74, 6) is -0.178. The molecule has 1 aliphatic heterocycles. The molecular formula is C19H23FN4O2. The molecule has 7 heteroatoms. The van der Waals surface area contributed by atoms with Crippen molar-refractivity contribution in [2.24, 2.45) is 0 Å². The summed E-state index contributed by atoms with van der Waals surface area (Å²) in [6.45, 7) is 6.44. The number of amides is 1. The lowest BCUT2D eigenvalue weighted by Crippen LogP contribution is -2.50. The Morgan fingerprint density at radius 1 is 1.15 bits per heavy atom. The molecule has 1 aromatic heterocycles. The molecule has 2 heterocycles. The fourth-order valence-electron chi connectivity index (χ4n) is 2.99. The second-order valence-electron chi connectivity index (χ2n) is 6.78. The number of carbonyl (C=O) groups is 1. The number of hydrogen-bond donors (Lipinski definition) is 0. The zero-order valence-electron chi connectivity index (χ0n) is 15.1. The van der Waals surface area contributed by atoms with E-state index in [1.807, 2.05) is 13.8 Å². The van der Waals surface area contributed by atoms with Gasteiger partial charge < -0.3 is 9.80 Å². The zero-order chi connectivity index (χ0) is 18.7. The summed E-state index contributed by atoms with van der Waals surface area (Å²) in [6, 6.07) is 7.85. The van der Waals surface area contributed by atoms with E-state index in [1.54, 1.807) is 17.0 Å². The normalized spacial score (nSPS) is 14.8. The third kappa shape index (κ3) is 4.09. The Bertz CT molecular complexity index is 824. The zero-order valence-corrected chi connectivity index (χ0v) is 15.1. The first kappa shape index (κ1) is 18.1. The summed E-state index contributed by atoms with van der Waals surface area (Å²) < 4.78 is 14.4. The van der Waals surface area contributed by atoms with Gasteiger partial charge in [-0.15, -0.1) is 0 Å².